The summed E-state index contributed by atoms with van der Waals surface area (Å²) in [5.41, 5.74) is 0.507. The third kappa shape index (κ3) is 6.25. The highest BCUT2D eigenvalue weighted by Crippen LogP contribution is 2.27. The van der Waals surface area contributed by atoms with E-state index in [0.29, 0.717) is 24.6 Å². The Morgan fingerprint density at radius 1 is 1.03 bits per heavy atom. The van der Waals surface area contributed by atoms with Gasteiger partial charge in [-0.2, -0.15) is 0 Å². The zero-order valence-electron chi connectivity index (χ0n) is 19.8. The lowest BCUT2D eigenvalue weighted by Crippen LogP contribution is -2.40. The number of fused-ring (bicyclic) bond motifs is 1. The molecule has 0 aliphatic carbocycles. The van der Waals surface area contributed by atoms with Crippen LogP contribution < -0.4 is 14.2 Å². The number of benzene rings is 2. The highest BCUT2D eigenvalue weighted by Gasteiger charge is 2.23. The number of likely N-dealkylation sites (tertiary alicyclic amines) is 1. The van der Waals surface area contributed by atoms with Crippen molar-refractivity contribution in [3.63, 3.8) is 0 Å². The molecule has 1 aliphatic rings. The minimum absolute atomic E-state index is 0.0954. The molecule has 0 saturated carbocycles. The fourth-order valence-corrected chi connectivity index (χ4v) is 5.51. The molecule has 1 N–H and O–H groups in total. The largest absolute Gasteiger partial charge is 0.488 e. The first-order valence-corrected chi connectivity index (χ1v) is 13.3. The van der Waals surface area contributed by atoms with Gasteiger partial charge in [-0.15, -0.1) is 0 Å². The number of sulfonamides is 1. The quantitative estimate of drug-likeness (QED) is 0.468. The van der Waals surface area contributed by atoms with Crippen molar-refractivity contribution < 1.29 is 17.9 Å². The molecule has 1 saturated heterocycles. The molecule has 0 atom stereocenters. The number of para-hydroxylation sites is 3. The first-order chi connectivity index (χ1) is 16.4. The van der Waals surface area contributed by atoms with Crippen molar-refractivity contribution in [2.45, 2.75) is 37.7 Å². The normalized spacial score (nSPS) is 15.6. The van der Waals surface area contributed by atoms with E-state index >= 15 is 0 Å². The summed E-state index contributed by atoms with van der Waals surface area (Å²) in [5.74, 6) is 1.85. The van der Waals surface area contributed by atoms with Crippen molar-refractivity contribution in [3.05, 3.63) is 60.8 Å². The molecule has 2 heterocycles. The summed E-state index contributed by atoms with van der Waals surface area (Å²) in [4.78, 5) is 6.88. The van der Waals surface area contributed by atoms with E-state index in [1.807, 2.05) is 56.3 Å². The zero-order chi connectivity index (χ0) is 24.0. The van der Waals surface area contributed by atoms with Crippen LogP contribution in [0.25, 0.3) is 10.9 Å². The summed E-state index contributed by atoms with van der Waals surface area (Å²) in [6, 6.07) is 16.7. The van der Waals surface area contributed by atoms with E-state index in [1.165, 1.54) is 0 Å². The minimum Gasteiger partial charge on any atom is -0.488 e. The Bertz CT molecular complexity index is 1190. The van der Waals surface area contributed by atoms with Crippen LogP contribution in [-0.4, -0.2) is 57.2 Å². The maximum absolute atomic E-state index is 12.9. The molecule has 0 unspecified atom stereocenters. The van der Waals surface area contributed by atoms with E-state index in [-0.39, 0.29) is 11.0 Å². The second kappa shape index (κ2) is 11.2. The van der Waals surface area contributed by atoms with Crippen molar-refractivity contribution in [2.75, 3.05) is 32.8 Å². The van der Waals surface area contributed by atoms with Crippen LogP contribution in [0.5, 0.6) is 11.5 Å². The molecule has 2 aromatic carbocycles. The van der Waals surface area contributed by atoms with E-state index in [0.717, 1.165) is 49.4 Å². The number of hydrogen-bond donors (Lipinski definition) is 1. The first kappa shape index (κ1) is 24.4. The van der Waals surface area contributed by atoms with E-state index in [2.05, 4.69) is 14.6 Å². The number of rotatable bonds is 10. The molecule has 0 bridgehead atoms. The second-order valence-electron chi connectivity index (χ2n) is 8.93. The molecule has 0 spiro atoms. The van der Waals surface area contributed by atoms with Crippen LogP contribution in [0.4, 0.5) is 0 Å². The van der Waals surface area contributed by atoms with Crippen molar-refractivity contribution in [3.8, 4) is 11.5 Å². The number of hydrogen-bond acceptors (Lipinski definition) is 6. The molecule has 1 aliphatic heterocycles. The van der Waals surface area contributed by atoms with Gasteiger partial charge in [0.05, 0.1) is 11.6 Å². The van der Waals surface area contributed by atoms with Gasteiger partial charge < -0.3 is 9.47 Å². The molecular weight excluding hydrogens is 450 g/mol. The van der Waals surface area contributed by atoms with Crippen molar-refractivity contribution in [1.82, 2.24) is 14.6 Å². The molecule has 7 nitrogen and oxygen atoms in total. The predicted molar refractivity (Wildman–Crippen MR) is 134 cm³/mol. The number of piperidine rings is 1. The molecule has 1 fully saturated rings. The van der Waals surface area contributed by atoms with Crippen molar-refractivity contribution in [2.24, 2.45) is 5.92 Å². The van der Waals surface area contributed by atoms with Gasteiger partial charge in [-0.05, 0) is 70.0 Å². The Hall–Kier alpha value is -2.68. The molecule has 1 aromatic heterocycles. The highest BCUT2D eigenvalue weighted by atomic mass is 32.2. The number of aromatic nitrogens is 1. The topological polar surface area (TPSA) is 80.8 Å². The lowest BCUT2D eigenvalue weighted by molar-refractivity contribution is 0.151. The van der Waals surface area contributed by atoms with Crippen LogP contribution in [0, 0.1) is 5.92 Å². The number of nitrogens with one attached hydrogen (secondary N) is 1. The monoisotopic (exact) mass is 483 g/mol. The molecule has 182 valence electrons. The third-order valence-electron chi connectivity index (χ3n) is 6.03. The van der Waals surface area contributed by atoms with Crippen molar-refractivity contribution in [1.29, 1.82) is 0 Å². The Morgan fingerprint density at radius 3 is 2.53 bits per heavy atom. The Morgan fingerprint density at radius 2 is 1.76 bits per heavy atom. The van der Waals surface area contributed by atoms with Gasteiger partial charge in [0.15, 0.2) is 11.5 Å². The van der Waals surface area contributed by atoms with Crippen LogP contribution in [0.2, 0.25) is 0 Å². The fraction of sp³-hybridized carbons (Fsp3) is 0.423. The van der Waals surface area contributed by atoms with Gasteiger partial charge in [0, 0.05) is 24.7 Å². The lowest BCUT2D eigenvalue weighted by Gasteiger charge is -2.31. The maximum atomic E-state index is 12.9. The Kier molecular flexibility index (Phi) is 8.03. The average molecular weight is 484 g/mol. The van der Waals surface area contributed by atoms with Gasteiger partial charge >= 0.3 is 0 Å². The van der Waals surface area contributed by atoms with Gasteiger partial charge in [-0.25, -0.2) is 13.1 Å². The van der Waals surface area contributed by atoms with Gasteiger partial charge in [0.2, 0.25) is 10.0 Å². The molecule has 34 heavy (non-hydrogen) atoms. The summed E-state index contributed by atoms with van der Waals surface area (Å²) >= 11 is 0. The third-order valence-corrected chi connectivity index (χ3v) is 7.49. The Labute approximate surface area is 202 Å². The second-order valence-corrected chi connectivity index (χ2v) is 10.7. The van der Waals surface area contributed by atoms with Crippen LogP contribution >= 0.6 is 0 Å². The maximum Gasteiger partial charge on any atom is 0.242 e. The van der Waals surface area contributed by atoms with E-state index < -0.39 is 10.0 Å². The van der Waals surface area contributed by atoms with E-state index in [4.69, 9.17) is 9.47 Å². The van der Waals surface area contributed by atoms with Gasteiger partial charge in [-0.1, -0.05) is 30.3 Å². The van der Waals surface area contributed by atoms with Crippen LogP contribution in [0.1, 0.15) is 26.7 Å². The smallest absolute Gasteiger partial charge is 0.242 e. The molecule has 3 aromatic rings. The summed E-state index contributed by atoms with van der Waals surface area (Å²) in [5, 5.41) is 0.819. The van der Waals surface area contributed by atoms with Crippen molar-refractivity contribution >= 4 is 20.9 Å². The summed E-state index contributed by atoms with van der Waals surface area (Å²) in [6.45, 7) is 7.71. The van der Waals surface area contributed by atoms with Gasteiger partial charge in [-0.3, -0.25) is 9.88 Å². The number of ether oxygens (including phenoxy) is 2. The van der Waals surface area contributed by atoms with Gasteiger partial charge in [0.25, 0.3) is 0 Å². The predicted octanol–water partition coefficient (Wildman–Crippen LogP) is 4.09. The summed E-state index contributed by atoms with van der Waals surface area (Å²) in [6.07, 6.45) is 3.61. The minimum atomic E-state index is -3.62. The van der Waals surface area contributed by atoms with E-state index in [9.17, 15) is 8.42 Å². The SMILES string of the molecule is CC(C)Oc1ccccc1OCCN1CCC(CNS(=O)(=O)c2cccc3cccnc23)CC1. The molecule has 4 rings (SSSR count). The lowest BCUT2D eigenvalue weighted by atomic mass is 9.97. The highest BCUT2D eigenvalue weighted by molar-refractivity contribution is 7.89. The van der Waals surface area contributed by atoms with Crippen LogP contribution in [0.3, 0.4) is 0 Å². The summed E-state index contributed by atoms with van der Waals surface area (Å²) < 4.78 is 40.5. The van der Waals surface area contributed by atoms with Crippen LogP contribution in [0.15, 0.2) is 65.7 Å². The van der Waals surface area contributed by atoms with Gasteiger partial charge in [0.1, 0.15) is 11.5 Å². The number of nitrogens with zero attached hydrogens (tertiary/aromatic N) is 2. The van der Waals surface area contributed by atoms with E-state index in [1.54, 1.807) is 18.3 Å². The number of pyridine rings is 1. The molecule has 8 heteroatoms. The summed E-state index contributed by atoms with van der Waals surface area (Å²) in [7, 11) is -3.62. The molecule has 0 amide bonds. The van der Waals surface area contributed by atoms with Crippen LogP contribution in [-0.2, 0) is 10.0 Å². The fourth-order valence-electron chi connectivity index (χ4n) is 4.22. The average Bonchev–Trinajstić information content (AvgIpc) is 2.84. The molecular formula is C26H33N3O4S. The standard InChI is InChI=1S/C26H33N3O4S/c1-20(2)33-24-10-4-3-9-23(24)32-18-17-29-15-12-21(13-16-29)19-28-34(30,31)25-11-5-7-22-8-6-14-27-26(22)25/h3-11,14,20-21,28H,12-13,15-19H2,1-2H3. The first-order valence-electron chi connectivity index (χ1n) is 11.9. The zero-order valence-corrected chi connectivity index (χ0v) is 20.6. The Balaban J connectivity index is 1.23. The molecule has 0 radical (unpaired) electrons.